The van der Waals surface area contributed by atoms with Crippen LogP contribution in [-0.4, -0.2) is 12.0 Å². The Hall–Kier alpha value is -1.46. The van der Waals surface area contributed by atoms with Crippen LogP contribution >= 0.6 is 11.3 Å². The minimum absolute atomic E-state index is 0.198. The highest BCUT2D eigenvalue weighted by molar-refractivity contribution is 7.09. The number of benzene rings is 1. The number of aromatic nitrogens is 1. The molecule has 0 aliphatic rings. The van der Waals surface area contributed by atoms with Gasteiger partial charge in [-0.2, -0.15) is 0 Å². The standard InChI is InChI=1S/C14H18FN3S/c1-9(16)11-5-4-6-12(15)14(11)18(3)7-13-10(2)17-8-19-13/h4-6,8-9H,7,16H2,1-3H3. The summed E-state index contributed by atoms with van der Waals surface area (Å²) in [6.07, 6.45) is 0. The van der Waals surface area contributed by atoms with E-state index in [1.165, 1.54) is 6.07 Å². The van der Waals surface area contributed by atoms with E-state index in [1.54, 1.807) is 17.4 Å². The van der Waals surface area contributed by atoms with Gasteiger partial charge in [0.1, 0.15) is 5.82 Å². The Morgan fingerprint density at radius 1 is 1.47 bits per heavy atom. The van der Waals surface area contributed by atoms with Crippen LogP contribution in [0.25, 0.3) is 0 Å². The van der Waals surface area contributed by atoms with Gasteiger partial charge in [0.25, 0.3) is 0 Å². The van der Waals surface area contributed by atoms with Crippen molar-refractivity contribution < 1.29 is 4.39 Å². The first-order valence-electron chi connectivity index (χ1n) is 6.14. The van der Waals surface area contributed by atoms with Crippen LogP contribution < -0.4 is 10.6 Å². The van der Waals surface area contributed by atoms with Crippen molar-refractivity contribution in [1.29, 1.82) is 0 Å². The molecule has 1 heterocycles. The number of hydrogen-bond donors (Lipinski definition) is 1. The van der Waals surface area contributed by atoms with Crippen molar-refractivity contribution in [3.63, 3.8) is 0 Å². The maximum Gasteiger partial charge on any atom is 0.146 e. The van der Waals surface area contributed by atoms with Crippen LogP contribution in [0.1, 0.15) is 29.1 Å². The molecule has 0 saturated heterocycles. The fourth-order valence-electron chi connectivity index (χ4n) is 2.07. The normalized spacial score (nSPS) is 12.5. The molecule has 19 heavy (non-hydrogen) atoms. The SMILES string of the molecule is Cc1ncsc1CN(C)c1c(F)cccc1C(C)N. The number of anilines is 1. The predicted octanol–water partition coefficient (Wildman–Crippen LogP) is 3.25. The Kier molecular flexibility index (Phi) is 4.17. The number of nitrogens with two attached hydrogens (primary N) is 1. The molecule has 0 bridgehead atoms. The van der Waals surface area contributed by atoms with Crippen molar-refractivity contribution in [3.05, 3.63) is 45.7 Å². The van der Waals surface area contributed by atoms with Crippen molar-refractivity contribution >= 4 is 17.0 Å². The number of aryl methyl sites for hydroxylation is 1. The van der Waals surface area contributed by atoms with E-state index >= 15 is 0 Å². The summed E-state index contributed by atoms with van der Waals surface area (Å²) in [5.74, 6) is -0.237. The van der Waals surface area contributed by atoms with Crippen molar-refractivity contribution in [3.8, 4) is 0 Å². The van der Waals surface area contributed by atoms with Crippen molar-refractivity contribution in [1.82, 2.24) is 4.98 Å². The zero-order valence-corrected chi connectivity index (χ0v) is 12.2. The van der Waals surface area contributed by atoms with Gasteiger partial charge in [-0.05, 0) is 25.5 Å². The van der Waals surface area contributed by atoms with Crippen LogP contribution in [0.2, 0.25) is 0 Å². The number of rotatable bonds is 4. The average Bonchev–Trinajstić information content (AvgIpc) is 2.74. The number of hydrogen-bond acceptors (Lipinski definition) is 4. The lowest BCUT2D eigenvalue weighted by molar-refractivity contribution is 0.616. The first kappa shape index (κ1) is 14.0. The lowest BCUT2D eigenvalue weighted by Crippen LogP contribution is -2.21. The first-order valence-corrected chi connectivity index (χ1v) is 7.02. The summed E-state index contributed by atoms with van der Waals surface area (Å²) in [6.45, 7) is 4.47. The quantitative estimate of drug-likeness (QED) is 0.934. The highest BCUT2D eigenvalue weighted by Gasteiger charge is 2.16. The van der Waals surface area contributed by atoms with Crippen LogP contribution in [0.4, 0.5) is 10.1 Å². The predicted molar refractivity (Wildman–Crippen MR) is 78.0 cm³/mol. The van der Waals surface area contributed by atoms with Gasteiger partial charge in [-0.1, -0.05) is 12.1 Å². The Labute approximate surface area is 116 Å². The van der Waals surface area contributed by atoms with Gasteiger partial charge in [0.2, 0.25) is 0 Å². The molecule has 0 amide bonds. The maximum absolute atomic E-state index is 14.1. The Morgan fingerprint density at radius 3 is 2.79 bits per heavy atom. The fraction of sp³-hybridized carbons (Fsp3) is 0.357. The largest absolute Gasteiger partial charge is 0.367 e. The molecule has 1 unspecified atom stereocenters. The van der Waals surface area contributed by atoms with Gasteiger partial charge in [0, 0.05) is 18.0 Å². The molecule has 3 nitrogen and oxygen atoms in total. The van der Waals surface area contributed by atoms with E-state index in [-0.39, 0.29) is 11.9 Å². The fourth-order valence-corrected chi connectivity index (χ4v) is 2.90. The van der Waals surface area contributed by atoms with Gasteiger partial charge in [-0.25, -0.2) is 9.37 Å². The molecule has 2 aromatic rings. The van der Waals surface area contributed by atoms with E-state index in [4.69, 9.17) is 5.73 Å². The molecule has 0 aliphatic carbocycles. The zero-order valence-electron chi connectivity index (χ0n) is 11.4. The average molecular weight is 279 g/mol. The summed E-state index contributed by atoms with van der Waals surface area (Å²) >= 11 is 1.59. The number of nitrogens with zero attached hydrogens (tertiary/aromatic N) is 2. The molecule has 0 radical (unpaired) electrons. The van der Waals surface area contributed by atoms with E-state index in [1.807, 2.05) is 37.4 Å². The molecule has 1 aromatic heterocycles. The molecular weight excluding hydrogens is 261 g/mol. The van der Waals surface area contributed by atoms with Gasteiger partial charge < -0.3 is 10.6 Å². The second kappa shape index (κ2) is 5.67. The summed E-state index contributed by atoms with van der Waals surface area (Å²) in [5.41, 5.74) is 10.1. The Bertz CT molecular complexity index is 566. The number of para-hydroxylation sites is 1. The topological polar surface area (TPSA) is 42.2 Å². The molecule has 0 fully saturated rings. The molecule has 0 aliphatic heterocycles. The Balaban J connectivity index is 2.33. The molecular formula is C14H18FN3S. The second-order valence-electron chi connectivity index (χ2n) is 4.68. The third-order valence-electron chi connectivity index (χ3n) is 3.12. The third-order valence-corrected chi connectivity index (χ3v) is 4.04. The zero-order chi connectivity index (χ0) is 14.0. The smallest absolute Gasteiger partial charge is 0.146 e. The van der Waals surface area contributed by atoms with Gasteiger partial charge in [-0.3, -0.25) is 0 Å². The van der Waals surface area contributed by atoms with Gasteiger partial charge >= 0.3 is 0 Å². The van der Waals surface area contributed by atoms with Crippen LogP contribution in [-0.2, 0) is 6.54 Å². The lowest BCUT2D eigenvalue weighted by atomic mass is 10.1. The molecule has 1 atom stereocenters. The van der Waals surface area contributed by atoms with E-state index in [2.05, 4.69) is 4.98 Å². The van der Waals surface area contributed by atoms with Crippen molar-refractivity contribution in [2.75, 3.05) is 11.9 Å². The van der Waals surface area contributed by atoms with Crippen LogP contribution in [0, 0.1) is 12.7 Å². The molecule has 0 spiro atoms. The van der Waals surface area contributed by atoms with E-state index in [9.17, 15) is 4.39 Å². The molecule has 5 heteroatoms. The van der Waals surface area contributed by atoms with Crippen molar-refractivity contribution in [2.24, 2.45) is 5.73 Å². The first-order chi connectivity index (χ1) is 9.00. The lowest BCUT2D eigenvalue weighted by Gasteiger charge is -2.24. The monoisotopic (exact) mass is 279 g/mol. The minimum atomic E-state index is -0.237. The van der Waals surface area contributed by atoms with Crippen LogP contribution in [0.5, 0.6) is 0 Å². The van der Waals surface area contributed by atoms with E-state index in [0.29, 0.717) is 12.2 Å². The number of halogens is 1. The molecule has 102 valence electrons. The van der Waals surface area contributed by atoms with Gasteiger partial charge in [-0.15, -0.1) is 11.3 Å². The van der Waals surface area contributed by atoms with Crippen LogP contribution in [0.3, 0.4) is 0 Å². The van der Waals surface area contributed by atoms with Crippen molar-refractivity contribution in [2.45, 2.75) is 26.4 Å². The summed E-state index contributed by atoms with van der Waals surface area (Å²) in [6, 6.07) is 4.84. The summed E-state index contributed by atoms with van der Waals surface area (Å²) in [5, 5.41) is 0. The summed E-state index contributed by atoms with van der Waals surface area (Å²) in [4.78, 5) is 7.25. The highest BCUT2D eigenvalue weighted by Crippen LogP contribution is 2.29. The third kappa shape index (κ3) is 2.93. The second-order valence-corrected chi connectivity index (χ2v) is 5.62. The van der Waals surface area contributed by atoms with E-state index < -0.39 is 0 Å². The maximum atomic E-state index is 14.1. The molecule has 0 saturated carbocycles. The molecule has 2 N–H and O–H groups in total. The number of thiazole rings is 1. The molecule has 1 aromatic carbocycles. The van der Waals surface area contributed by atoms with Crippen LogP contribution in [0.15, 0.2) is 23.7 Å². The van der Waals surface area contributed by atoms with Gasteiger partial charge in [0.15, 0.2) is 0 Å². The van der Waals surface area contributed by atoms with Gasteiger partial charge in [0.05, 0.1) is 23.4 Å². The summed E-state index contributed by atoms with van der Waals surface area (Å²) < 4.78 is 14.1. The Morgan fingerprint density at radius 2 is 2.21 bits per heavy atom. The minimum Gasteiger partial charge on any atom is -0.367 e. The van der Waals surface area contributed by atoms with E-state index in [0.717, 1.165) is 16.1 Å². The highest BCUT2D eigenvalue weighted by atomic mass is 32.1. The molecule has 2 rings (SSSR count). The summed E-state index contributed by atoms with van der Waals surface area (Å²) in [7, 11) is 1.88.